The Kier molecular flexibility index (Phi) is 9.20. The molecule has 3 aromatic rings. The number of hydrogen-bond donors (Lipinski definition) is 0. The molecule has 0 aliphatic carbocycles. The Morgan fingerprint density at radius 1 is 1.00 bits per heavy atom. The first kappa shape index (κ1) is 26.4. The lowest BCUT2D eigenvalue weighted by atomic mass is 9.87. The number of methoxy groups -OCH3 is 2. The Bertz CT molecular complexity index is 1150. The maximum Gasteiger partial charge on any atom is 0.338 e. The molecule has 3 aromatic carbocycles. The SMILES string of the molecule is COc1cc(CCN2CCC(C(OC(=O)c3ccccc3)c3ccc(F)cc3)CC2)c(OC)cc1I. The van der Waals surface area contributed by atoms with Crippen LogP contribution in [0.1, 0.15) is 40.4 Å². The van der Waals surface area contributed by atoms with Gasteiger partial charge in [0.05, 0.1) is 23.4 Å². The van der Waals surface area contributed by atoms with Crippen molar-refractivity contribution in [3.05, 3.63) is 92.8 Å². The molecule has 5 nitrogen and oxygen atoms in total. The minimum absolute atomic E-state index is 0.160. The summed E-state index contributed by atoms with van der Waals surface area (Å²) in [6.45, 7) is 2.70. The molecule has 7 heteroatoms. The van der Waals surface area contributed by atoms with E-state index in [1.807, 2.05) is 24.3 Å². The standard InChI is InChI=1S/C29H31FINO4/c1-34-26-19-25(31)27(35-2)18-23(26)14-17-32-15-12-21(13-16-32)28(20-8-10-24(30)11-9-20)36-29(33)22-6-4-3-5-7-22/h3-11,18-19,21,28H,12-17H2,1-2H3. The predicted molar refractivity (Wildman–Crippen MR) is 146 cm³/mol. The summed E-state index contributed by atoms with van der Waals surface area (Å²) in [5.41, 5.74) is 2.47. The lowest BCUT2D eigenvalue weighted by Gasteiger charge is -2.36. The molecule has 190 valence electrons. The Labute approximate surface area is 225 Å². The molecule has 0 spiro atoms. The summed E-state index contributed by atoms with van der Waals surface area (Å²) in [6.07, 6.45) is 2.21. The molecule has 0 N–H and O–H groups in total. The third kappa shape index (κ3) is 6.56. The summed E-state index contributed by atoms with van der Waals surface area (Å²) < 4.78 is 31.7. The summed E-state index contributed by atoms with van der Waals surface area (Å²) in [7, 11) is 3.37. The molecular formula is C29H31FINO4. The van der Waals surface area contributed by atoms with Gasteiger partial charge in [-0.25, -0.2) is 9.18 Å². The van der Waals surface area contributed by atoms with Gasteiger partial charge in [0.15, 0.2) is 0 Å². The first-order valence-corrected chi connectivity index (χ1v) is 13.2. The van der Waals surface area contributed by atoms with Crippen LogP contribution >= 0.6 is 22.6 Å². The van der Waals surface area contributed by atoms with E-state index in [2.05, 4.69) is 33.6 Å². The lowest BCUT2D eigenvalue weighted by Crippen LogP contribution is -2.37. The van der Waals surface area contributed by atoms with Crippen LogP contribution in [0.25, 0.3) is 0 Å². The fourth-order valence-corrected chi connectivity index (χ4v) is 5.38. The molecule has 4 rings (SSSR count). The highest BCUT2D eigenvalue weighted by molar-refractivity contribution is 14.1. The van der Waals surface area contributed by atoms with Crippen LogP contribution in [0.5, 0.6) is 11.5 Å². The van der Waals surface area contributed by atoms with Crippen LogP contribution < -0.4 is 9.47 Å². The van der Waals surface area contributed by atoms with Crippen molar-refractivity contribution in [1.82, 2.24) is 4.90 Å². The van der Waals surface area contributed by atoms with E-state index < -0.39 is 6.10 Å². The van der Waals surface area contributed by atoms with Gasteiger partial charge < -0.3 is 19.1 Å². The zero-order valence-corrected chi connectivity index (χ0v) is 22.7. The number of benzene rings is 3. The van der Waals surface area contributed by atoms with Crippen molar-refractivity contribution in [2.45, 2.75) is 25.4 Å². The van der Waals surface area contributed by atoms with E-state index in [9.17, 15) is 9.18 Å². The zero-order chi connectivity index (χ0) is 25.5. The molecule has 36 heavy (non-hydrogen) atoms. The van der Waals surface area contributed by atoms with E-state index in [1.54, 1.807) is 38.5 Å². The van der Waals surface area contributed by atoms with E-state index in [4.69, 9.17) is 14.2 Å². The second-order valence-electron chi connectivity index (χ2n) is 8.97. The summed E-state index contributed by atoms with van der Waals surface area (Å²) in [5, 5.41) is 0. The van der Waals surface area contributed by atoms with E-state index >= 15 is 0 Å². The third-order valence-electron chi connectivity index (χ3n) is 6.75. The van der Waals surface area contributed by atoms with Gasteiger partial charge in [0.25, 0.3) is 0 Å². The van der Waals surface area contributed by atoms with Crippen molar-refractivity contribution < 1.29 is 23.4 Å². The molecule has 1 saturated heterocycles. The molecule has 0 radical (unpaired) electrons. The van der Waals surface area contributed by atoms with Crippen LogP contribution in [0.2, 0.25) is 0 Å². The zero-order valence-electron chi connectivity index (χ0n) is 20.6. The molecule has 1 aliphatic rings. The number of esters is 1. The van der Waals surface area contributed by atoms with Crippen molar-refractivity contribution in [3.63, 3.8) is 0 Å². The van der Waals surface area contributed by atoms with Gasteiger partial charge in [-0.3, -0.25) is 0 Å². The van der Waals surface area contributed by atoms with Gasteiger partial charge in [0.2, 0.25) is 0 Å². The van der Waals surface area contributed by atoms with Gasteiger partial charge in [-0.2, -0.15) is 0 Å². The second-order valence-corrected chi connectivity index (χ2v) is 10.1. The number of ether oxygens (including phenoxy) is 3. The lowest BCUT2D eigenvalue weighted by molar-refractivity contribution is 0.000488. The van der Waals surface area contributed by atoms with E-state index in [-0.39, 0.29) is 17.7 Å². The summed E-state index contributed by atoms with van der Waals surface area (Å²) in [4.78, 5) is 15.3. The van der Waals surface area contributed by atoms with Crippen LogP contribution in [-0.2, 0) is 11.2 Å². The number of hydrogen-bond acceptors (Lipinski definition) is 5. The molecule has 1 aliphatic heterocycles. The third-order valence-corrected chi connectivity index (χ3v) is 7.60. The van der Waals surface area contributed by atoms with Gasteiger partial charge in [0, 0.05) is 12.5 Å². The first-order valence-electron chi connectivity index (χ1n) is 12.1. The van der Waals surface area contributed by atoms with Crippen LogP contribution in [0.3, 0.4) is 0 Å². The van der Waals surface area contributed by atoms with Gasteiger partial charge >= 0.3 is 5.97 Å². The number of halogens is 2. The van der Waals surface area contributed by atoms with Crippen molar-refractivity contribution in [3.8, 4) is 11.5 Å². The molecule has 0 saturated carbocycles. The number of piperidine rings is 1. The molecule has 1 fully saturated rings. The maximum atomic E-state index is 13.6. The van der Waals surface area contributed by atoms with E-state index in [0.717, 1.165) is 65.1 Å². The fourth-order valence-electron chi connectivity index (χ4n) is 4.72. The number of rotatable bonds is 9. The summed E-state index contributed by atoms with van der Waals surface area (Å²) in [5.74, 6) is 1.23. The maximum absolute atomic E-state index is 13.6. The largest absolute Gasteiger partial charge is 0.496 e. The molecule has 0 aromatic heterocycles. The van der Waals surface area contributed by atoms with E-state index in [0.29, 0.717) is 5.56 Å². The quantitative estimate of drug-likeness (QED) is 0.212. The van der Waals surface area contributed by atoms with Gasteiger partial charge in [-0.15, -0.1) is 0 Å². The number of carbonyl (C=O) groups excluding carboxylic acids is 1. The van der Waals surface area contributed by atoms with Crippen molar-refractivity contribution >= 4 is 28.6 Å². The minimum atomic E-state index is -0.416. The molecule has 1 heterocycles. The van der Waals surface area contributed by atoms with Crippen molar-refractivity contribution in [2.24, 2.45) is 5.92 Å². The Hall–Kier alpha value is -2.65. The Balaban J connectivity index is 1.41. The average Bonchev–Trinajstić information content (AvgIpc) is 2.92. The van der Waals surface area contributed by atoms with Gasteiger partial charge in [-0.1, -0.05) is 30.3 Å². The highest BCUT2D eigenvalue weighted by Crippen LogP contribution is 2.35. The molecule has 0 amide bonds. The molecule has 1 unspecified atom stereocenters. The fraction of sp³-hybridized carbons (Fsp3) is 0.345. The first-order chi connectivity index (χ1) is 17.5. The number of nitrogens with zero attached hydrogens (tertiary/aromatic N) is 1. The topological polar surface area (TPSA) is 48.0 Å². The predicted octanol–water partition coefficient (Wildman–Crippen LogP) is 6.30. The summed E-state index contributed by atoms with van der Waals surface area (Å²) in [6, 6.07) is 19.4. The summed E-state index contributed by atoms with van der Waals surface area (Å²) >= 11 is 2.25. The van der Waals surface area contributed by atoms with Crippen molar-refractivity contribution in [2.75, 3.05) is 33.9 Å². The minimum Gasteiger partial charge on any atom is -0.496 e. The van der Waals surface area contributed by atoms with Crippen LogP contribution in [0.15, 0.2) is 66.7 Å². The van der Waals surface area contributed by atoms with Crippen LogP contribution in [0.4, 0.5) is 4.39 Å². The highest BCUT2D eigenvalue weighted by Gasteiger charge is 2.31. The normalized spacial score (nSPS) is 15.3. The average molecular weight is 603 g/mol. The smallest absolute Gasteiger partial charge is 0.338 e. The Morgan fingerprint density at radius 3 is 2.31 bits per heavy atom. The molecular weight excluding hydrogens is 572 g/mol. The van der Waals surface area contributed by atoms with Crippen LogP contribution in [-0.4, -0.2) is 44.7 Å². The number of carbonyl (C=O) groups is 1. The van der Waals surface area contributed by atoms with E-state index in [1.165, 1.54) is 12.1 Å². The van der Waals surface area contributed by atoms with Gasteiger partial charge in [-0.05, 0) is 102 Å². The molecule has 0 bridgehead atoms. The van der Waals surface area contributed by atoms with Crippen molar-refractivity contribution in [1.29, 1.82) is 0 Å². The van der Waals surface area contributed by atoms with Gasteiger partial charge in [0.1, 0.15) is 23.4 Å². The highest BCUT2D eigenvalue weighted by atomic mass is 127. The monoisotopic (exact) mass is 603 g/mol. The number of likely N-dealkylation sites (tertiary alicyclic amines) is 1. The molecule has 1 atom stereocenters. The Morgan fingerprint density at radius 2 is 1.67 bits per heavy atom. The van der Waals surface area contributed by atoms with Crippen LogP contribution in [0, 0.1) is 15.3 Å². The second kappa shape index (κ2) is 12.5.